The number of anilines is 1. The standard InChI is InChI=1S/C27H21F5N4O4/c1-2-21(38)36-14-8-16(37)9-15(36)12-34(11-14)25-18-10-19(27(30,31)32)22(17-4-3-13(28)7-20(17)29)24-23(18)35(5-6-40-24)26(39)33-25/h2-4,7,10,14-15H,1,5-6,8-9,11-12H2. The molecule has 2 fully saturated rings. The van der Waals surface area contributed by atoms with E-state index >= 15 is 0 Å². The lowest BCUT2D eigenvalue weighted by atomic mass is 9.89. The Kier molecular flexibility index (Phi) is 5.93. The van der Waals surface area contributed by atoms with Crippen molar-refractivity contribution in [2.75, 3.05) is 24.6 Å². The third-order valence-electron chi connectivity index (χ3n) is 7.57. The Morgan fingerprint density at radius 2 is 1.80 bits per heavy atom. The number of ketones is 1. The van der Waals surface area contributed by atoms with E-state index in [4.69, 9.17) is 4.74 Å². The molecule has 8 nitrogen and oxygen atoms in total. The van der Waals surface area contributed by atoms with Crippen LogP contribution in [0.5, 0.6) is 5.75 Å². The maximum atomic E-state index is 14.9. The highest BCUT2D eigenvalue weighted by atomic mass is 19.4. The van der Waals surface area contributed by atoms with Gasteiger partial charge in [0.05, 0.1) is 29.7 Å². The van der Waals surface area contributed by atoms with E-state index < -0.39 is 52.3 Å². The summed E-state index contributed by atoms with van der Waals surface area (Å²) >= 11 is 0. The number of Topliss-reactive ketones (excluding diaryl/α,β-unsaturated/α-hetero) is 1. The van der Waals surface area contributed by atoms with Gasteiger partial charge in [0.15, 0.2) is 5.75 Å². The predicted molar refractivity (Wildman–Crippen MR) is 133 cm³/mol. The zero-order valence-electron chi connectivity index (χ0n) is 20.8. The summed E-state index contributed by atoms with van der Waals surface area (Å²) in [6.45, 7) is 3.41. The van der Waals surface area contributed by atoms with Gasteiger partial charge in [-0.25, -0.2) is 13.6 Å². The lowest BCUT2D eigenvalue weighted by Crippen LogP contribution is -2.64. The first-order valence-corrected chi connectivity index (χ1v) is 12.5. The van der Waals surface area contributed by atoms with E-state index in [9.17, 15) is 36.3 Å². The van der Waals surface area contributed by atoms with Crippen LogP contribution in [0.15, 0.2) is 41.7 Å². The fourth-order valence-electron chi connectivity index (χ4n) is 6.03. The Morgan fingerprint density at radius 3 is 2.42 bits per heavy atom. The van der Waals surface area contributed by atoms with Gasteiger partial charge in [0.25, 0.3) is 0 Å². The molecule has 0 N–H and O–H groups in total. The Morgan fingerprint density at radius 1 is 1.10 bits per heavy atom. The molecule has 40 heavy (non-hydrogen) atoms. The third-order valence-corrected chi connectivity index (χ3v) is 7.57. The third kappa shape index (κ3) is 4.02. The molecule has 3 aromatic rings. The number of fused-ring (bicyclic) bond motifs is 2. The monoisotopic (exact) mass is 560 g/mol. The van der Waals surface area contributed by atoms with Crippen LogP contribution in [0.1, 0.15) is 18.4 Å². The number of nitrogens with zero attached hydrogens (tertiary/aromatic N) is 4. The molecule has 1 amide bonds. The van der Waals surface area contributed by atoms with Crippen LogP contribution >= 0.6 is 0 Å². The van der Waals surface area contributed by atoms with Crippen LogP contribution in [0.4, 0.5) is 27.8 Å². The van der Waals surface area contributed by atoms with Gasteiger partial charge in [-0.15, -0.1) is 0 Å². The quantitative estimate of drug-likeness (QED) is 0.359. The zero-order chi connectivity index (χ0) is 28.5. The molecule has 2 bridgehead atoms. The van der Waals surface area contributed by atoms with Gasteiger partial charge in [-0.3, -0.25) is 14.2 Å². The highest BCUT2D eigenvalue weighted by molar-refractivity contribution is 6.01. The van der Waals surface area contributed by atoms with Gasteiger partial charge in [-0.1, -0.05) is 6.58 Å². The van der Waals surface area contributed by atoms with Crippen molar-refractivity contribution in [2.45, 2.75) is 37.6 Å². The normalized spacial score (nSPS) is 20.5. The lowest BCUT2D eigenvalue weighted by molar-refractivity contribution is -0.139. The van der Waals surface area contributed by atoms with Crippen LogP contribution in [0.3, 0.4) is 0 Å². The minimum Gasteiger partial charge on any atom is -0.489 e. The molecule has 2 atom stereocenters. The number of halogens is 5. The molecule has 6 rings (SSSR count). The predicted octanol–water partition coefficient (Wildman–Crippen LogP) is 3.69. The van der Waals surface area contributed by atoms with Crippen LogP contribution < -0.4 is 15.3 Å². The molecule has 4 heterocycles. The topological polar surface area (TPSA) is 84.7 Å². The van der Waals surface area contributed by atoms with E-state index in [-0.39, 0.29) is 73.2 Å². The van der Waals surface area contributed by atoms with E-state index in [1.807, 2.05) is 0 Å². The van der Waals surface area contributed by atoms with E-state index in [0.717, 1.165) is 24.3 Å². The fourth-order valence-corrected chi connectivity index (χ4v) is 6.03. The molecule has 2 unspecified atom stereocenters. The number of piperidine rings is 1. The van der Waals surface area contributed by atoms with Gasteiger partial charge in [0, 0.05) is 48.5 Å². The Hall–Kier alpha value is -4.29. The lowest BCUT2D eigenvalue weighted by Gasteiger charge is -2.49. The molecule has 208 valence electrons. The molecule has 0 saturated carbocycles. The average Bonchev–Trinajstić information content (AvgIpc) is 2.88. The van der Waals surface area contributed by atoms with Crippen molar-refractivity contribution in [1.29, 1.82) is 0 Å². The van der Waals surface area contributed by atoms with Crippen LogP contribution in [-0.2, 0) is 22.3 Å². The summed E-state index contributed by atoms with van der Waals surface area (Å²) in [6, 6.07) is 1.82. The van der Waals surface area contributed by atoms with Gasteiger partial charge < -0.3 is 14.5 Å². The summed E-state index contributed by atoms with van der Waals surface area (Å²) in [6.07, 6.45) is -3.77. The number of alkyl halides is 3. The second-order valence-corrected chi connectivity index (χ2v) is 9.97. The average molecular weight is 560 g/mol. The number of piperazine rings is 1. The van der Waals surface area contributed by atoms with Crippen molar-refractivity contribution in [2.24, 2.45) is 0 Å². The maximum absolute atomic E-state index is 14.9. The molecule has 13 heteroatoms. The van der Waals surface area contributed by atoms with Crippen LogP contribution in [0.25, 0.3) is 22.0 Å². The molecule has 0 aliphatic carbocycles. The van der Waals surface area contributed by atoms with Crippen molar-refractivity contribution < 1.29 is 36.3 Å². The molecule has 1 aromatic heterocycles. The Bertz CT molecular complexity index is 1650. The molecule has 2 aromatic carbocycles. The number of benzene rings is 2. The molecule has 3 aliphatic heterocycles. The Labute approximate surface area is 223 Å². The second kappa shape index (κ2) is 9.14. The van der Waals surface area contributed by atoms with Crippen molar-refractivity contribution in [3.8, 4) is 16.9 Å². The highest BCUT2D eigenvalue weighted by Crippen LogP contribution is 2.49. The maximum Gasteiger partial charge on any atom is 0.417 e. The number of ether oxygens (including phenoxy) is 1. The minimum atomic E-state index is -4.99. The molecule has 0 radical (unpaired) electrons. The number of rotatable bonds is 3. The number of amides is 1. The van der Waals surface area contributed by atoms with E-state index in [2.05, 4.69) is 11.6 Å². The number of aromatic nitrogens is 2. The van der Waals surface area contributed by atoms with Crippen LogP contribution in [0.2, 0.25) is 0 Å². The SMILES string of the molecule is C=CC(=O)N1C2CC(=O)CC1CN(c1nc(=O)n3c4c(c(-c5ccc(F)cc5F)c(C(F)(F)F)cc14)OCC3)C2. The van der Waals surface area contributed by atoms with Crippen LogP contribution in [-0.4, -0.2) is 57.9 Å². The first kappa shape index (κ1) is 26.0. The van der Waals surface area contributed by atoms with Gasteiger partial charge in [0.2, 0.25) is 5.91 Å². The summed E-state index contributed by atoms with van der Waals surface area (Å²) in [4.78, 5) is 45.3. The molecule has 3 aliphatic rings. The van der Waals surface area contributed by atoms with E-state index in [1.165, 1.54) is 4.57 Å². The number of carbonyl (C=O) groups is 2. The fraction of sp³-hybridized carbons (Fsp3) is 0.333. The number of carbonyl (C=O) groups excluding carboxylic acids is 2. The van der Waals surface area contributed by atoms with E-state index in [1.54, 1.807) is 9.80 Å². The van der Waals surface area contributed by atoms with Gasteiger partial charge in [0.1, 0.15) is 29.8 Å². The van der Waals surface area contributed by atoms with Crippen LogP contribution in [0, 0.1) is 11.6 Å². The Balaban J connectivity index is 1.60. The van der Waals surface area contributed by atoms with Gasteiger partial charge in [-0.2, -0.15) is 18.2 Å². The summed E-state index contributed by atoms with van der Waals surface area (Å²) in [5.41, 5.74) is -3.17. The van der Waals surface area contributed by atoms with Crippen molar-refractivity contribution >= 4 is 28.4 Å². The molecular formula is C27H21F5N4O4. The van der Waals surface area contributed by atoms with Gasteiger partial charge >= 0.3 is 11.9 Å². The number of hydrogen-bond donors (Lipinski definition) is 0. The largest absolute Gasteiger partial charge is 0.489 e. The smallest absolute Gasteiger partial charge is 0.417 e. The van der Waals surface area contributed by atoms with Crippen molar-refractivity contribution in [3.05, 3.63) is 64.6 Å². The molecular weight excluding hydrogens is 539 g/mol. The summed E-state index contributed by atoms with van der Waals surface area (Å²) in [5.74, 6) is -3.03. The van der Waals surface area contributed by atoms with Gasteiger partial charge in [-0.05, 0) is 24.3 Å². The summed E-state index contributed by atoms with van der Waals surface area (Å²) < 4.78 is 78.9. The van der Waals surface area contributed by atoms with Crippen molar-refractivity contribution in [3.63, 3.8) is 0 Å². The molecule has 0 spiro atoms. The van der Waals surface area contributed by atoms with Crippen molar-refractivity contribution in [1.82, 2.24) is 14.5 Å². The summed E-state index contributed by atoms with van der Waals surface area (Å²) in [5, 5.41) is -0.0548. The highest BCUT2D eigenvalue weighted by Gasteiger charge is 2.44. The summed E-state index contributed by atoms with van der Waals surface area (Å²) in [7, 11) is 0. The minimum absolute atomic E-state index is 0.00110. The first-order chi connectivity index (χ1) is 19.0. The molecule has 2 saturated heterocycles. The number of hydrogen-bond acceptors (Lipinski definition) is 6. The first-order valence-electron chi connectivity index (χ1n) is 12.5. The van der Waals surface area contributed by atoms with E-state index in [0.29, 0.717) is 6.07 Å². The zero-order valence-corrected chi connectivity index (χ0v) is 20.8. The second-order valence-electron chi connectivity index (χ2n) is 9.97.